The van der Waals surface area contributed by atoms with E-state index in [1.165, 1.54) is 19.8 Å². The molecule has 1 unspecified atom stereocenters. The van der Waals surface area contributed by atoms with Gasteiger partial charge < -0.3 is 9.47 Å². The molecule has 0 amide bonds. The summed E-state index contributed by atoms with van der Waals surface area (Å²) in [4.78, 5) is 11.4. The zero-order valence-electron chi connectivity index (χ0n) is 17.0. The van der Waals surface area contributed by atoms with Crippen molar-refractivity contribution in [3.8, 4) is 11.8 Å². The van der Waals surface area contributed by atoms with Crippen LogP contribution in [0.3, 0.4) is 0 Å². The van der Waals surface area contributed by atoms with Crippen LogP contribution in [0.25, 0.3) is 0 Å². The first-order chi connectivity index (χ1) is 13.3. The number of rotatable bonds is 12. The van der Waals surface area contributed by atoms with Crippen LogP contribution in [0.4, 0.5) is 0 Å². The molecule has 0 aromatic heterocycles. The topological polar surface area (TPSA) is 81.7 Å². The van der Waals surface area contributed by atoms with Crippen molar-refractivity contribution in [2.75, 3.05) is 19.8 Å². The van der Waals surface area contributed by atoms with Gasteiger partial charge in [0.25, 0.3) is 0 Å². The summed E-state index contributed by atoms with van der Waals surface area (Å²) in [6, 6.07) is 6.61. The highest BCUT2D eigenvalue weighted by Gasteiger charge is 2.13. The highest BCUT2D eigenvalue weighted by Crippen LogP contribution is 2.09. The minimum atomic E-state index is -3.57. The number of carbonyl (C=O) groups excluding carboxylic acids is 1. The van der Waals surface area contributed by atoms with E-state index in [4.69, 9.17) is 9.47 Å². The van der Waals surface area contributed by atoms with Crippen LogP contribution < -0.4 is 4.72 Å². The van der Waals surface area contributed by atoms with Crippen LogP contribution in [0.2, 0.25) is 0 Å². The first-order valence-corrected chi connectivity index (χ1v) is 11.1. The number of unbranched alkanes of at least 4 members (excludes halogenated alkanes) is 4. The molecule has 1 aromatic rings. The van der Waals surface area contributed by atoms with Gasteiger partial charge in [0.1, 0.15) is 0 Å². The van der Waals surface area contributed by atoms with Crippen LogP contribution in [-0.4, -0.2) is 40.2 Å². The van der Waals surface area contributed by atoms with Crippen molar-refractivity contribution < 1.29 is 22.7 Å². The molecule has 156 valence electrons. The van der Waals surface area contributed by atoms with Crippen molar-refractivity contribution in [2.24, 2.45) is 0 Å². The predicted octanol–water partition coefficient (Wildman–Crippen LogP) is 3.20. The van der Waals surface area contributed by atoms with Crippen molar-refractivity contribution in [1.82, 2.24) is 4.72 Å². The van der Waals surface area contributed by atoms with E-state index in [-0.39, 0.29) is 24.7 Å². The average molecular weight is 410 g/mol. The molecule has 0 aliphatic heterocycles. The molecule has 1 rings (SSSR count). The summed E-state index contributed by atoms with van der Waals surface area (Å²) in [6.07, 6.45) is 4.64. The second kappa shape index (κ2) is 13.3. The molecular weight excluding hydrogens is 378 g/mol. The van der Waals surface area contributed by atoms with Gasteiger partial charge in [-0.05, 0) is 25.5 Å². The minimum Gasteiger partial charge on any atom is -0.447 e. The molecular formula is C21H31NO5S. The van der Waals surface area contributed by atoms with Crippen LogP contribution >= 0.6 is 0 Å². The van der Waals surface area contributed by atoms with Gasteiger partial charge in [0.15, 0.2) is 6.10 Å². The Labute approximate surface area is 169 Å². The Morgan fingerprint density at radius 1 is 1.18 bits per heavy atom. The molecule has 0 spiro atoms. The van der Waals surface area contributed by atoms with Gasteiger partial charge >= 0.3 is 5.97 Å². The number of esters is 1. The van der Waals surface area contributed by atoms with Crippen LogP contribution in [0.1, 0.15) is 51.5 Å². The molecule has 0 radical (unpaired) electrons. The van der Waals surface area contributed by atoms with Gasteiger partial charge in [-0.15, -0.1) is 0 Å². The highest BCUT2D eigenvalue weighted by molar-refractivity contribution is 7.89. The summed E-state index contributed by atoms with van der Waals surface area (Å²) in [5, 5.41) is 0. The molecule has 1 N–H and O–H groups in total. The number of benzene rings is 1. The minimum absolute atomic E-state index is 0.105. The molecule has 6 nitrogen and oxygen atoms in total. The first kappa shape index (κ1) is 24.2. The second-order valence-electron chi connectivity index (χ2n) is 6.52. The Morgan fingerprint density at radius 3 is 2.54 bits per heavy atom. The number of hydrogen-bond donors (Lipinski definition) is 1. The number of ether oxygens (including phenoxy) is 2. The molecule has 0 bridgehead atoms. The number of hydrogen-bond acceptors (Lipinski definition) is 5. The highest BCUT2D eigenvalue weighted by atomic mass is 32.2. The maximum Gasteiger partial charge on any atom is 0.303 e. The van der Waals surface area contributed by atoms with Crippen molar-refractivity contribution in [3.05, 3.63) is 29.8 Å². The third kappa shape index (κ3) is 10.5. The lowest BCUT2D eigenvalue weighted by molar-refractivity contribution is -0.146. The van der Waals surface area contributed by atoms with Crippen LogP contribution in [0.15, 0.2) is 29.2 Å². The van der Waals surface area contributed by atoms with E-state index in [1.807, 2.05) is 6.92 Å². The van der Waals surface area contributed by atoms with E-state index in [0.29, 0.717) is 0 Å². The Bertz CT molecular complexity index is 747. The van der Waals surface area contributed by atoms with Gasteiger partial charge in [0, 0.05) is 19.9 Å². The third-order valence-electron chi connectivity index (χ3n) is 3.87. The zero-order valence-corrected chi connectivity index (χ0v) is 17.8. The fourth-order valence-electron chi connectivity index (χ4n) is 2.37. The Hall–Kier alpha value is -1.88. The Morgan fingerprint density at radius 2 is 1.89 bits per heavy atom. The van der Waals surface area contributed by atoms with E-state index < -0.39 is 22.1 Å². The van der Waals surface area contributed by atoms with Gasteiger partial charge in [0.05, 0.1) is 18.1 Å². The maximum absolute atomic E-state index is 12.2. The molecule has 0 aliphatic rings. The smallest absolute Gasteiger partial charge is 0.303 e. The van der Waals surface area contributed by atoms with E-state index in [0.717, 1.165) is 24.8 Å². The van der Waals surface area contributed by atoms with Crippen molar-refractivity contribution in [2.45, 2.75) is 63.9 Å². The molecule has 0 heterocycles. The van der Waals surface area contributed by atoms with E-state index >= 15 is 0 Å². The number of nitrogens with one attached hydrogen (secondary N) is 1. The Balaban J connectivity index is 2.37. The molecule has 0 saturated carbocycles. The molecule has 0 saturated heterocycles. The van der Waals surface area contributed by atoms with Crippen LogP contribution in [-0.2, 0) is 24.3 Å². The van der Waals surface area contributed by atoms with E-state index in [1.54, 1.807) is 24.3 Å². The summed E-state index contributed by atoms with van der Waals surface area (Å²) in [7, 11) is -3.57. The molecule has 0 fully saturated rings. The summed E-state index contributed by atoms with van der Waals surface area (Å²) in [6.45, 7) is 5.75. The molecule has 0 aliphatic carbocycles. The Kier molecular flexibility index (Phi) is 11.5. The second-order valence-corrected chi connectivity index (χ2v) is 8.28. The van der Waals surface area contributed by atoms with E-state index in [2.05, 4.69) is 23.5 Å². The van der Waals surface area contributed by atoms with Gasteiger partial charge in [0.2, 0.25) is 10.0 Å². The van der Waals surface area contributed by atoms with Crippen molar-refractivity contribution in [1.29, 1.82) is 0 Å². The van der Waals surface area contributed by atoms with Crippen LogP contribution in [0, 0.1) is 18.8 Å². The number of sulfonamides is 1. The SMILES string of the molecule is CCCCCCC#CC(COCCNS(=O)(=O)c1ccc(C)cc1)OC(C)=O. The molecule has 1 aromatic carbocycles. The maximum atomic E-state index is 12.2. The number of carbonyl (C=O) groups is 1. The van der Waals surface area contributed by atoms with Gasteiger partial charge in [-0.25, -0.2) is 13.1 Å². The van der Waals surface area contributed by atoms with Gasteiger partial charge in [-0.1, -0.05) is 55.7 Å². The van der Waals surface area contributed by atoms with E-state index in [9.17, 15) is 13.2 Å². The quantitative estimate of drug-likeness (QED) is 0.326. The number of aryl methyl sites for hydroxylation is 1. The fourth-order valence-corrected chi connectivity index (χ4v) is 3.38. The summed E-state index contributed by atoms with van der Waals surface area (Å²) >= 11 is 0. The van der Waals surface area contributed by atoms with Crippen molar-refractivity contribution in [3.63, 3.8) is 0 Å². The lowest BCUT2D eigenvalue weighted by Gasteiger charge is -2.12. The fraction of sp³-hybridized carbons (Fsp3) is 0.571. The average Bonchev–Trinajstić information content (AvgIpc) is 2.63. The summed E-state index contributed by atoms with van der Waals surface area (Å²) in [5.41, 5.74) is 0.991. The molecule has 1 atom stereocenters. The van der Waals surface area contributed by atoms with Crippen LogP contribution in [0.5, 0.6) is 0 Å². The summed E-state index contributed by atoms with van der Waals surface area (Å²) < 4.78 is 37.4. The standard InChI is InChI=1S/C21H31NO5S/c1-4-5-6-7-8-9-10-20(27-19(3)23)17-26-16-15-22-28(24,25)21-13-11-18(2)12-14-21/h11-14,20,22H,4-8,15-17H2,1-3H3. The predicted molar refractivity (Wildman–Crippen MR) is 109 cm³/mol. The van der Waals surface area contributed by atoms with Gasteiger partial charge in [-0.3, -0.25) is 4.79 Å². The first-order valence-electron chi connectivity index (χ1n) is 9.65. The largest absolute Gasteiger partial charge is 0.447 e. The summed E-state index contributed by atoms with van der Waals surface area (Å²) in [5.74, 6) is 5.51. The zero-order chi connectivity index (χ0) is 20.8. The lowest BCUT2D eigenvalue weighted by Crippen LogP contribution is -2.29. The normalized spacial score (nSPS) is 12.1. The molecule has 7 heteroatoms. The van der Waals surface area contributed by atoms with Gasteiger partial charge in [-0.2, -0.15) is 0 Å². The lowest BCUT2D eigenvalue weighted by atomic mass is 10.1. The third-order valence-corrected chi connectivity index (χ3v) is 5.34. The molecule has 28 heavy (non-hydrogen) atoms. The monoisotopic (exact) mass is 409 g/mol. The van der Waals surface area contributed by atoms with Crippen molar-refractivity contribution >= 4 is 16.0 Å².